The van der Waals surface area contributed by atoms with Crippen LogP contribution in [-0.4, -0.2) is 6.54 Å². The molecule has 0 fully saturated rings. The van der Waals surface area contributed by atoms with Crippen LogP contribution in [0.5, 0.6) is 0 Å². The third-order valence-electron chi connectivity index (χ3n) is 2.02. The number of hydrogen-bond donors (Lipinski definition) is 1. The lowest BCUT2D eigenvalue weighted by molar-refractivity contribution is 0.401. The predicted molar refractivity (Wildman–Crippen MR) is 43.7 cm³/mol. The molecule has 1 rings (SSSR count). The van der Waals surface area contributed by atoms with Gasteiger partial charge in [-0.1, -0.05) is 6.92 Å². The monoisotopic (exact) mass is 207 g/mol. The second-order valence-electron chi connectivity index (χ2n) is 3.03. The van der Waals surface area contributed by atoms with Crippen LogP contribution in [0.2, 0.25) is 0 Å². The van der Waals surface area contributed by atoms with Crippen LogP contribution in [0, 0.1) is 23.3 Å². The zero-order valence-electron chi connectivity index (χ0n) is 7.45. The van der Waals surface area contributed by atoms with E-state index >= 15 is 0 Å². The van der Waals surface area contributed by atoms with Crippen LogP contribution in [0.3, 0.4) is 0 Å². The van der Waals surface area contributed by atoms with Gasteiger partial charge in [-0.15, -0.1) is 0 Å². The van der Waals surface area contributed by atoms with Gasteiger partial charge in [-0.05, 0) is 24.1 Å². The van der Waals surface area contributed by atoms with Crippen LogP contribution in [0.25, 0.3) is 0 Å². The van der Waals surface area contributed by atoms with Crippen molar-refractivity contribution in [2.24, 2.45) is 5.73 Å². The average molecular weight is 207 g/mol. The number of rotatable bonds is 2. The van der Waals surface area contributed by atoms with E-state index in [4.69, 9.17) is 5.73 Å². The van der Waals surface area contributed by atoms with Crippen molar-refractivity contribution < 1.29 is 17.6 Å². The number of halogens is 4. The molecule has 0 aliphatic rings. The Labute approximate surface area is 78.5 Å². The highest BCUT2D eigenvalue weighted by Crippen LogP contribution is 2.24. The molecule has 1 atom stereocenters. The van der Waals surface area contributed by atoms with Crippen LogP contribution in [0.15, 0.2) is 6.07 Å². The van der Waals surface area contributed by atoms with Crippen LogP contribution in [0.4, 0.5) is 17.6 Å². The number of nitrogens with two attached hydrogens (primary N) is 1. The van der Waals surface area contributed by atoms with E-state index in [9.17, 15) is 17.6 Å². The molecule has 14 heavy (non-hydrogen) atoms. The van der Waals surface area contributed by atoms with Gasteiger partial charge in [0.15, 0.2) is 23.3 Å². The van der Waals surface area contributed by atoms with Gasteiger partial charge in [0, 0.05) is 0 Å². The van der Waals surface area contributed by atoms with Crippen molar-refractivity contribution in [1.29, 1.82) is 0 Å². The minimum Gasteiger partial charge on any atom is -0.330 e. The van der Waals surface area contributed by atoms with E-state index in [2.05, 4.69) is 0 Å². The maximum atomic E-state index is 13.0. The third kappa shape index (κ3) is 1.72. The van der Waals surface area contributed by atoms with Gasteiger partial charge in [0.05, 0.1) is 0 Å². The highest BCUT2D eigenvalue weighted by molar-refractivity contribution is 5.25. The molecule has 0 aliphatic heterocycles. The molecular formula is C9H9F4N. The highest BCUT2D eigenvalue weighted by Gasteiger charge is 2.21. The van der Waals surface area contributed by atoms with Gasteiger partial charge in [0.1, 0.15) is 0 Å². The van der Waals surface area contributed by atoms with Gasteiger partial charge in [0.2, 0.25) is 0 Å². The third-order valence-corrected chi connectivity index (χ3v) is 2.02. The lowest BCUT2D eigenvalue weighted by atomic mass is 10.0. The van der Waals surface area contributed by atoms with Crippen molar-refractivity contribution in [3.05, 3.63) is 34.9 Å². The van der Waals surface area contributed by atoms with Crippen LogP contribution in [-0.2, 0) is 0 Å². The predicted octanol–water partition coefficient (Wildman–Crippen LogP) is 2.31. The molecule has 1 aromatic carbocycles. The summed E-state index contributed by atoms with van der Waals surface area (Å²) in [5.74, 6) is -6.92. The Hall–Kier alpha value is -1.10. The summed E-state index contributed by atoms with van der Waals surface area (Å²) in [6, 6.07) is 0.630. The van der Waals surface area contributed by atoms with Crippen molar-refractivity contribution in [3.63, 3.8) is 0 Å². The zero-order chi connectivity index (χ0) is 10.9. The second kappa shape index (κ2) is 3.96. The lowest BCUT2D eigenvalue weighted by Crippen LogP contribution is -2.13. The van der Waals surface area contributed by atoms with E-state index < -0.39 is 29.2 Å². The first-order valence-electron chi connectivity index (χ1n) is 4.02. The SMILES string of the molecule is CC(CN)c1cc(F)c(F)c(F)c1F. The molecule has 1 unspecified atom stereocenters. The number of benzene rings is 1. The minimum absolute atomic E-state index is 0.0292. The van der Waals surface area contributed by atoms with Crippen molar-refractivity contribution >= 4 is 0 Å². The summed E-state index contributed by atoms with van der Waals surface area (Å²) in [6.07, 6.45) is 0. The molecule has 0 heterocycles. The molecule has 1 aromatic rings. The van der Waals surface area contributed by atoms with Crippen LogP contribution in [0.1, 0.15) is 18.4 Å². The Morgan fingerprint density at radius 1 is 1.14 bits per heavy atom. The quantitative estimate of drug-likeness (QED) is 0.449. The van der Waals surface area contributed by atoms with Gasteiger partial charge < -0.3 is 5.73 Å². The fourth-order valence-electron chi connectivity index (χ4n) is 1.08. The van der Waals surface area contributed by atoms with Crippen LogP contribution < -0.4 is 5.73 Å². The lowest BCUT2D eigenvalue weighted by Gasteiger charge is -2.11. The summed E-state index contributed by atoms with van der Waals surface area (Å²) in [5.41, 5.74) is 4.96. The summed E-state index contributed by atoms with van der Waals surface area (Å²) in [5, 5.41) is 0. The Balaban J connectivity index is 3.33. The highest BCUT2D eigenvalue weighted by atomic mass is 19.2. The molecule has 0 saturated heterocycles. The molecule has 0 aromatic heterocycles. The first-order chi connectivity index (χ1) is 6.49. The molecule has 0 aliphatic carbocycles. The van der Waals surface area contributed by atoms with Gasteiger partial charge in [-0.3, -0.25) is 0 Å². The fourth-order valence-corrected chi connectivity index (χ4v) is 1.08. The van der Waals surface area contributed by atoms with Crippen LogP contribution >= 0.6 is 0 Å². The molecule has 0 saturated carbocycles. The Bertz CT molecular complexity index is 351. The molecule has 0 spiro atoms. The van der Waals surface area contributed by atoms with Crippen molar-refractivity contribution in [2.45, 2.75) is 12.8 Å². The smallest absolute Gasteiger partial charge is 0.197 e. The van der Waals surface area contributed by atoms with Gasteiger partial charge in [-0.25, -0.2) is 17.6 Å². The maximum absolute atomic E-state index is 13.0. The van der Waals surface area contributed by atoms with E-state index in [1.54, 1.807) is 0 Å². The van der Waals surface area contributed by atoms with Crippen molar-refractivity contribution in [1.82, 2.24) is 0 Å². The van der Waals surface area contributed by atoms with E-state index in [1.807, 2.05) is 0 Å². The van der Waals surface area contributed by atoms with E-state index in [0.717, 1.165) is 0 Å². The second-order valence-corrected chi connectivity index (χ2v) is 3.03. The Morgan fingerprint density at radius 3 is 2.21 bits per heavy atom. The summed E-state index contributed by atoms with van der Waals surface area (Å²) in [6.45, 7) is 1.52. The zero-order valence-corrected chi connectivity index (χ0v) is 7.45. The van der Waals surface area contributed by atoms with Crippen molar-refractivity contribution in [3.8, 4) is 0 Å². The molecular weight excluding hydrogens is 198 g/mol. The fraction of sp³-hybridized carbons (Fsp3) is 0.333. The topological polar surface area (TPSA) is 26.0 Å². The average Bonchev–Trinajstić information content (AvgIpc) is 2.19. The molecule has 1 nitrogen and oxygen atoms in total. The van der Waals surface area contributed by atoms with E-state index in [1.165, 1.54) is 6.92 Å². The molecule has 78 valence electrons. The standard InChI is InChI=1S/C9H9F4N/c1-4(3-14)5-2-6(10)8(12)9(13)7(5)11/h2,4H,3,14H2,1H3. The summed E-state index contributed by atoms with van der Waals surface area (Å²) >= 11 is 0. The molecule has 0 radical (unpaired) electrons. The summed E-state index contributed by atoms with van der Waals surface area (Å²) in [4.78, 5) is 0. The molecule has 0 bridgehead atoms. The first-order valence-corrected chi connectivity index (χ1v) is 4.02. The largest absolute Gasteiger partial charge is 0.330 e. The molecule has 0 amide bonds. The first kappa shape index (κ1) is 11.0. The van der Waals surface area contributed by atoms with Gasteiger partial charge in [-0.2, -0.15) is 0 Å². The van der Waals surface area contributed by atoms with Gasteiger partial charge >= 0.3 is 0 Å². The molecule has 5 heteroatoms. The Kier molecular flexibility index (Phi) is 3.10. The Morgan fingerprint density at radius 2 is 1.71 bits per heavy atom. The van der Waals surface area contributed by atoms with Gasteiger partial charge in [0.25, 0.3) is 0 Å². The number of hydrogen-bond acceptors (Lipinski definition) is 1. The summed E-state index contributed by atoms with van der Waals surface area (Å²) < 4.78 is 51.0. The van der Waals surface area contributed by atoms with Crippen molar-refractivity contribution in [2.75, 3.05) is 6.54 Å². The summed E-state index contributed by atoms with van der Waals surface area (Å²) in [7, 11) is 0. The van der Waals surface area contributed by atoms with E-state index in [-0.39, 0.29) is 12.1 Å². The normalized spacial score (nSPS) is 13.0. The maximum Gasteiger partial charge on any atom is 0.197 e. The minimum atomic E-state index is -1.80. The molecule has 2 N–H and O–H groups in total. The van der Waals surface area contributed by atoms with E-state index in [0.29, 0.717) is 6.07 Å².